The van der Waals surface area contributed by atoms with Crippen molar-refractivity contribution < 1.29 is 0 Å². The van der Waals surface area contributed by atoms with E-state index in [0.717, 1.165) is 37.2 Å². The Kier molecular flexibility index (Phi) is 2.30. The van der Waals surface area contributed by atoms with Crippen molar-refractivity contribution in [2.45, 2.75) is 45.1 Å². The van der Waals surface area contributed by atoms with E-state index >= 15 is 0 Å². The number of nitrogens with zero attached hydrogens (tertiary/aromatic N) is 1. The fourth-order valence-corrected chi connectivity index (χ4v) is 2.94. The largest absolute Gasteiger partial charge is 0.370 e. The summed E-state index contributed by atoms with van der Waals surface area (Å²) >= 11 is 0. The molecule has 2 N–H and O–H groups in total. The van der Waals surface area contributed by atoms with Gasteiger partial charge in [0.15, 0.2) is 0 Å². The number of hydrogen-bond donors (Lipinski definition) is 2. The Morgan fingerprint density at radius 1 is 1.31 bits per heavy atom. The molecule has 0 unspecified atom stereocenters. The summed E-state index contributed by atoms with van der Waals surface area (Å²) in [5.41, 5.74) is 1.17. The van der Waals surface area contributed by atoms with Gasteiger partial charge in [0, 0.05) is 6.54 Å². The van der Waals surface area contributed by atoms with Crippen molar-refractivity contribution >= 4 is 5.82 Å². The molecule has 1 aromatic rings. The number of aromatic amines is 1. The van der Waals surface area contributed by atoms with Crippen molar-refractivity contribution in [2.24, 2.45) is 5.92 Å². The van der Waals surface area contributed by atoms with Gasteiger partial charge in [0.1, 0.15) is 5.82 Å². The number of hydrogen-bond acceptors (Lipinski definition) is 2. The van der Waals surface area contributed by atoms with Gasteiger partial charge < -0.3 is 5.32 Å². The molecule has 1 saturated carbocycles. The lowest BCUT2D eigenvalue weighted by Gasteiger charge is -2.18. The monoisotopic (exact) mass is 221 g/mol. The Balaban J connectivity index is 1.98. The van der Waals surface area contributed by atoms with Crippen LogP contribution in [-0.2, 0) is 6.42 Å². The summed E-state index contributed by atoms with van der Waals surface area (Å²) in [5.74, 6) is 1.53. The van der Waals surface area contributed by atoms with Crippen LogP contribution in [0.25, 0.3) is 0 Å². The fraction of sp³-hybridized carbons (Fsp3) is 0.750. The maximum atomic E-state index is 12.2. The summed E-state index contributed by atoms with van der Waals surface area (Å²) in [6.07, 6.45) is 5.72. The standard InChI is InChI=1S/C12H19N3O/c1-8-6-10-11(13-7-8)14-15(12(10)16)9-4-2-3-5-9/h8-9,13-14H,2-7H2,1H3/t8-/m1/s1. The fourth-order valence-electron chi connectivity index (χ4n) is 2.94. The number of aromatic nitrogens is 2. The number of anilines is 1. The minimum Gasteiger partial charge on any atom is -0.370 e. The molecule has 0 spiro atoms. The average Bonchev–Trinajstić information content (AvgIpc) is 2.87. The van der Waals surface area contributed by atoms with E-state index in [4.69, 9.17) is 0 Å². The molecule has 1 atom stereocenters. The maximum absolute atomic E-state index is 12.2. The molecule has 1 fully saturated rings. The quantitative estimate of drug-likeness (QED) is 0.761. The van der Waals surface area contributed by atoms with Gasteiger partial charge in [-0.25, -0.2) is 4.68 Å². The molecule has 1 aliphatic heterocycles. The molecule has 2 aliphatic rings. The number of H-pyrrole nitrogens is 1. The van der Waals surface area contributed by atoms with Gasteiger partial charge in [0.25, 0.3) is 5.56 Å². The second-order valence-corrected chi connectivity index (χ2v) is 5.27. The van der Waals surface area contributed by atoms with Gasteiger partial charge in [0.2, 0.25) is 0 Å². The molecule has 1 aliphatic carbocycles. The van der Waals surface area contributed by atoms with Gasteiger partial charge in [-0.2, -0.15) is 0 Å². The Morgan fingerprint density at radius 3 is 2.81 bits per heavy atom. The average molecular weight is 221 g/mol. The van der Waals surface area contributed by atoms with E-state index in [1.807, 2.05) is 4.68 Å². The minimum absolute atomic E-state index is 0.209. The molecule has 0 radical (unpaired) electrons. The maximum Gasteiger partial charge on any atom is 0.272 e. The zero-order chi connectivity index (χ0) is 11.1. The molecule has 0 bridgehead atoms. The van der Waals surface area contributed by atoms with Gasteiger partial charge in [-0.3, -0.25) is 9.89 Å². The minimum atomic E-state index is 0.209. The van der Waals surface area contributed by atoms with Gasteiger partial charge in [-0.05, 0) is 25.2 Å². The van der Waals surface area contributed by atoms with Crippen LogP contribution in [0.4, 0.5) is 5.82 Å². The SMILES string of the molecule is C[C@H]1CNc2[nH]n(C3CCCC3)c(=O)c2C1. The predicted molar refractivity (Wildman–Crippen MR) is 63.9 cm³/mol. The van der Waals surface area contributed by atoms with Crippen LogP contribution in [-0.4, -0.2) is 16.3 Å². The third kappa shape index (κ3) is 1.47. The molecular weight excluding hydrogens is 202 g/mol. The topological polar surface area (TPSA) is 49.8 Å². The van der Waals surface area contributed by atoms with Crippen molar-refractivity contribution in [2.75, 3.05) is 11.9 Å². The Hall–Kier alpha value is -1.19. The van der Waals surface area contributed by atoms with Crippen LogP contribution >= 0.6 is 0 Å². The highest BCUT2D eigenvalue weighted by Gasteiger charge is 2.25. The highest BCUT2D eigenvalue weighted by Crippen LogP contribution is 2.29. The molecule has 0 aromatic carbocycles. The van der Waals surface area contributed by atoms with E-state index < -0.39 is 0 Å². The zero-order valence-electron chi connectivity index (χ0n) is 9.75. The van der Waals surface area contributed by atoms with Crippen molar-refractivity contribution in [3.05, 3.63) is 15.9 Å². The van der Waals surface area contributed by atoms with Crippen LogP contribution in [0.3, 0.4) is 0 Å². The molecule has 4 heteroatoms. The zero-order valence-corrected chi connectivity index (χ0v) is 9.75. The van der Waals surface area contributed by atoms with Crippen LogP contribution in [0.5, 0.6) is 0 Å². The molecule has 88 valence electrons. The van der Waals surface area contributed by atoms with Crippen molar-refractivity contribution in [1.82, 2.24) is 9.78 Å². The Labute approximate surface area is 95.0 Å². The first-order valence-electron chi connectivity index (χ1n) is 6.33. The summed E-state index contributed by atoms with van der Waals surface area (Å²) in [6.45, 7) is 3.15. The van der Waals surface area contributed by atoms with Crippen LogP contribution in [0.15, 0.2) is 4.79 Å². The molecule has 3 rings (SSSR count). The molecule has 1 aromatic heterocycles. The first-order valence-corrected chi connectivity index (χ1v) is 6.33. The Bertz CT molecular complexity index is 440. The van der Waals surface area contributed by atoms with Gasteiger partial charge in [-0.15, -0.1) is 0 Å². The number of fused-ring (bicyclic) bond motifs is 1. The van der Waals surface area contributed by atoms with Crippen LogP contribution in [0.1, 0.15) is 44.2 Å². The summed E-state index contributed by atoms with van der Waals surface area (Å²) in [6, 6.07) is 0.412. The third-order valence-corrected chi connectivity index (χ3v) is 3.88. The van der Waals surface area contributed by atoms with Gasteiger partial charge in [-0.1, -0.05) is 19.8 Å². The predicted octanol–water partition coefficient (Wildman–Crippen LogP) is 1.90. The van der Waals surface area contributed by atoms with Gasteiger partial charge in [0.05, 0.1) is 11.6 Å². The lowest BCUT2D eigenvalue weighted by Crippen LogP contribution is -2.26. The summed E-state index contributed by atoms with van der Waals surface area (Å²) in [7, 11) is 0. The second kappa shape index (κ2) is 3.68. The number of rotatable bonds is 1. The second-order valence-electron chi connectivity index (χ2n) is 5.27. The lowest BCUT2D eigenvalue weighted by atomic mass is 10.00. The smallest absolute Gasteiger partial charge is 0.272 e. The molecule has 2 heterocycles. The van der Waals surface area contributed by atoms with E-state index in [0.29, 0.717) is 12.0 Å². The third-order valence-electron chi connectivity index (χ3n) is 3.88. The lowest BCUT2D eigenvalue weighted by molar-refractivity contribution is 0.455. The van der Waals surface area contributed by atoms with E-state index in [1.54, 1.807) is 0 Å². The Morgan fingerprint density at radius 2 is 2.06 bits per heavy atom. The number of nitrogens with one attached hydrogen (secondary N) is 2. The summed E-state index contributed by atoms with van der Waals surface area (Å²) < 4.78 is 1.86. The van der Waals surface area contributed by atoms with Crippen molar-refractivity contribution in [1.29, 1.82) is 0 Å². The van der Waals surface area contributed by atoms with Crippen molar-refractivity contribution in [3.63, 3.8) is 0 Å². The highest BCUT2D eigenvalue weighted by molar-refractivity contribution is 5.45. The van der Waals surface area contributed by atoms with Crippen LogP contribution in [0, 0.1) is 5.92 Å². The molecule has 0 saturated heterocycles. The first-order chi connectivity index (χ1) is 7.75. The van der Waals surface area contributed by atoms with Crippen LogP contribution < -0.4 is 10.9 Å². The van der Waals surface area contributed by atoms with E-state index in [1.165, 1.54) is 12.8 Å². The summed E-state index contributed by atoms with van der Waals surface area (Å²) in [5, 5.41) is 6.58. The van der Waals surface area contributed by atoms with E-state index in [9.17, 15) is 4.79 Å². The molecule has 16 heavy (non-hydrogen) atoms. The van der Waals surface area contributed by atoms with E-state index in [2.05, 4.69) is 17.3 Å². The summed E-state index contributed by atoms with van der Waals surface area (Å²) in [4.78, 5) is 12.2. The van der Waals surface area contributed by atoms with Crippen molar-refractivity contribution in [3.8, 4) is 0 Å². The normalized spacial score (nSPS) is 25.4. The molecular formula is C12H19N3O. The molecule has 4 nitrogen and oxygen atoms in total. The van der Waals surface area contributed by atoms with Crippen LogP contribution in [0.2, 0.25) is 0 Å². The highest BCUT2D eigenvalue weighted by atomic mass is 16.1. The van der Waals surface area contributed by atoms with E-state index in [-0.39, 0.29) is 5.56 Å². The van der Waals surface area contributed by atoms with Gasteiger partial charge >= 0.3 is 0 Å². The first kappa shape index (κ1) is 10.00. The molecule has 0 amide bonds.